The Morgan fingerprint density at radius 3 is 2.26 bits per heavy atom. The van der Waals surface area contributed by atoms with Crippen molar-refractivity contribution in [1.82, 2.24) is 10.2 Å². The van der Waals surface area contributed by atoms with Crippen LogP contribution in [0.2, 0.25) is 15.1 Å². The Labute approximate surface area is 305 Å². The first-order valence-electron chi connectivity index (χ1n) is 15.4. The smallest absolute Gasteiger partial charge is 0.273 e. The number of nitrogens with one attached hydrogen (secondary N) is 1. The lowest BCUT2D eigenvalue weighted by Crippen LogP contribution is -2.53. The van der Waals surface area contributed by atoms with Crippen LogP contribution in [0, 0.1) is 17.0 Å². The molecule has 0 spiro atoms. The molecular weight excluding hydrogens is 727 g/mol. The van der Waals surface area contributed by atoms with E-state index in [2.05, 4.69) is 5.32 Å². The molecule has 15 heteroatoms. The Hall–Kier alpha value is -4.36. The van der Waals surface area contributed by atoms with Crippen molar-refractivity contribution in [3.05, 3.63) is 127 Å². The van der Waals surface area contributed by atoms with Crippen LogP contribution in [-0.2, 0) is 32.6 Å². The van der Waals surface area contributed by atoms with Crippen molar-refractivity contribution in [1.29, 1.82) is 0 Å². The van der Waals surface area contributed by atoms with Gasteiger partial charge in [0.1, 0.15) is 18.3 Å². The number of halogens is 3. The zero-order valence-corrected chi connectivity index (χ0v) is 30.5. The van der Waals surface area contributed by atoms with E-state index in [-0.39, 0.29) is 45.0 Å². The standard InChI is InChI=1S/C35H35Cl3N4O7S/c1-4-17-39-35(44)32(18-24-9-6-5-7-10-24)40(21-27-28(37)11-8-12-29(27)38)34(43)22-41(31-19-25(36)14-16-33(31)49-3)50(47,48)26-15-13-23(2)30(20-26)42(45)46/h5-16,19-20,32H,4,17-18,21-22H2,1-3H3,(H,39,44). The monoisotopic (exact) mass is 760 g/mol. The molecule has 0 aliphatic carbocycles. The third-order valence-corrected chi connectivity index (χ3v) is 10.6. The van der Waals surface area contributed by atoms with Crippen molar-refractivity contribution in [3.63, 3.8) is 0 Å². The largest absolute Gasteiger partial charge is 0.495 e. The molecular formula is C35H35Cl3N4O7S. The number of carbonyl (C=O) groups excluding carboxylic acids is 2. The molecule has 0 aliphatic heterocycles. The zero-order chi connectivity index (χ0) is 36.6. The molecule has 4 aromatic carbocycles. The molecule has 0 bridgehead atoms. The van der Waals surface area contributed by atoms with Gasteiger partial charge in [-0.2, -0.15) is 0 Å². The number of hydrogen-bond donors (Lipinski definition) is 1. The number of carbonyl (C=O) groups is 2. The molecule has 11 nitrogen and oxygen atoms in total. The van der Waals surface area contributed by atoms with Gasteiger partial charge in [0.2, 0.25) is 11.8 Å². The zero-order valence-electron chi connectivity index (χ0n) is 27.4. The summed E-state index contributed by atoms with van der Waals surface area (Å²) < 4.78 is 35.2. The van der Waals surface area contributed by atoms with Crippen LogP contribution in [0.25, 0.3) is 0 Å². The normalized spacial score (nSPS) is 11.8. The number of nitrogens with zero attached hydrogens (tertiary/aromatic N) is 3. The molecule has 2 amide bonds. The summed E-state index contributed by atoms with van der Waals surface area (Å²) in [6.07, 6.45) is 0.693. The Bertz CT molecular complexity index is 1960. The second kappa shape index (κ2) is 17.0. The fourth-order valence-electron chi connectivity index (χ4n) is 5.22. The number of nitro groups is 1. The first kappa shape index (κ1) is 38.4. The molecule has 50 heavy (non-hydrogen) atoms. The van der Waals surface area contributed by atoms with Gasteiger partial charge in [-0.3, -0.25) is 24.0 Å². The fourth-order valence-corrected chi connectivity index (χ4v) is 7.34. The summed E-state index contributed by atoms with van der Waals surface area (Å²) in [5.74, 6) is -1.23. The van der Waals surface area contributed by atoms with Gasteiger partial charge in [0.25, 0.3) is 15.7 Å². The van der Waals surface area contributed by atoms with E-state index in [1.165, 1.54) is 49.3 Å². The van der Waals surface area contributed by atoms with E-state index in [9.17, 15) is 28.1 Å². The van der Waals surface area contributed by atoms with Crippen LogP contribution in [-0.4, -0.2) is 56.3 Å². The third-order valence-electron chi connectivity index (χ3n) is 7.86. The maximum absolute atomic E-state index is 14.7. The van der Waals surface area contributed by atoms with Crippen molar-refractivity contribution in [2.45, 2.75) is 44.2 Å². The van der Waals surface area contributed by atoms with E-state index in [0.29, 0.717) is 18.5 Å². The highest BCUT2D eigenvalue weighted by Crippen LogP contribution is 2.36. The SMILES string of the molecule is CCCNC(=O)C(Cc1ccccc1)N(Cc1c(Cl)cccc1Cl)C(=O)CN(c1cc(Cl)ccc1OC)S(=O)(=O)c1ccc(C)c([N+](=O)[O-])c1. The van der Waals surface area contributed by atoms with Gasteiger partial charge in [0.15, 0.2) is 0 Å². The van der Waals surface area contributed by atoms with Crippen molar-refractivity contribution in [2.24, 2.45) is 0 Å². The molecule has 4 rings (SSSR count). The Morgan fingerprint density at radius 2 is 1.64 bits per heavy atom. The number of ether oxygens (including phenoxy) is 1. The van der Waals surface area contributed by atoms with Crippen LogP contribution < -0.4 is 14.4 Å². The number of amides is 2. The number of aryl methyl sites for hydroxylation is 1. The molecule has 264 valence electrons. The lowest BCUT2D eigenvalue weighted by Gasteiger charge is -2.34. The molecule has 0 aromatic heterocycles. The van der Waals surface area contributed by atoms with Gasteiger partial charge in [0, 0.05) is 51.8 Å². The van der Waals surface area contributed by atoms with Crippen molar-refractivity contribution < 1.29 is 27.7 Å². The van der Waals surface area contributed by atoms with Crippen LogP contribution in [0.3, 0.4) is 0 Å². The number of nitro benzene ring substituents is 1. The first-order chi connectivity index (χ1) is 23.8. The summed E-state index contributed by atoms with van der Waals surface area (Å²) in [5, 5.41) is 15.2. The summed E-state index contributed by atoms with van der Waals surface area (Å²) in [7, 11) is -3.41. The highest BCUT2D eigenvalue weighted by molar-refractivity contribution is 7.92. The summed E-state index contributed by atoms with van der Waals surface area (Å²) in [5.41, 5.74) is 0.777. The number of methoxy groups -OCH3 is 1. The molecule has 0 saturated heterocycles. The van der Waals surface area contributed by atoms with Gasteiger partial charge in [-0.15, -0.1) is 0 Å². The van der Waals surface area contributed by atoms with Gasteiger partial charge >= 0.3 is 0 Å². The minimum absolute atomic E-state index is 0.0506. The summed E-state index contributed by atoms with van der Waals surface area (Å²) in [6.45, 7) is 2.56. The van der Waals surface area contributed by atoms with E-state index in [1.54, 1.807) is 30.3 Å². The molecule has 0 heterocycles. The van der Waals surface area contributed by atoms with Crippen LogP contribution in [0.15, 0.2) is 89.8 Å². The summed E-state index contributed by atoms with van der Waals surface area (Å²) in [4.78, 5) is 40.5. The number of benzene rings is 4. The number of hydrogen-bond acceptors (Lipinski definition) is 7. The van der Waals surface area contributed by atoms with E-state index in [0.717, 1.165) is 15.9 Å². The topological polar surface area (TPSA) is 139 Å². The fraction of sp³-hybridized carbons (Fsp3) is 0.257. The van der Waals surface area contributed by atoms with Crippen molar-refractivity contribution in [3.8, 4) is 5.75 Å². The minimum atomic E-state index is -4.72. The Morgan fingerprint density at radius 1 is 0.960 bits per heavy atom. The highest BCUT2D eigenvalue weighted by atomic mass is 35.5. The van der Waals surface area contributed by atoms with Crippen LogP contribution in [0.1, 0.15) is 30.0 Å². The van der Waals surface area contributed by atoms with E-state index < -0.39 is 49.9 Å². The van der Waals surface area contributed by atoms with Gasteiger partial charge in [-0.05, 0) is 55.3 Å². The second-order valence-electron chi connectivity index (χ2n) is 11.3. The second-order valence-corrected chi connectivity index (χ2v) is 14.4. The van der Waals surface area contributed by atoms with Gasteiger partial charge < -0.3 is 15.0 Å². The van der Waals surface area contributed by atoms with Crippen LogP contribution in [0.4, 0.5) is 11.4 Å². The van der Waals surface area contributed by atoms with E-state index in [4.69, 9.17) is 39.5 Å². The quantitative estimate of drug-likeness (QED) is 0.0996. The average molecular weight is 762 g/mol. The highest BCUT2D eigenvalue weighted by Gasteiger charge is 2.36. The molecule has 0 fully saturated rings. The average Bonchev–Trinajstić information content (AvgIpc) is 3.09. The maximum Gasteiger partial charge on any atom is 0.273 e. The molecule has 0 saturated carbocycles. The van der Waals surface area contributed by atoms with Crippen molar-refractivity contribution in [2.75, 3.05) is 24.5 Å². The molecule has 1 unspecified atom stereocenters. The van der Waals surface area contributed by atoms with Crippen LogP contribution >= 0.6 is 34.8 Å². The molecule has 0 radical (unpaired) electrons. The molecule has 1 atom stereocenters. The van der Waals surface area contributed by atoms with E-state index in [1.807, 2.05) is 25.1 Å². The number of sulfonamides is 1. The van der Waals surface area contributed by atoms with Crippen LogP contribution in [0.5, 0.6) is 5.75 Å². The maximum atomic E-state index is 14.7. The third kappa shape index (κ3) is 9.05. The summed E-state index contributed by atoms with van der Waals surface area (Å²) >= 11 is 19.4. The van der Waals surface area contributed by atoms with Gasteiger partial charge in [-0.1, -0.05) is 84.2 Å². The molecule has 1 N–H and O–H groups in total. The Kier molecular flexibility index (Phi) is 13.1. The summed E-state index contributed by atoms with van der Waals surface area (Å²) in [6, 6.07) is 20.4. The number of anilines is 1. The lowest BCUT2D eigenvalue weighted by atomic mass is 10.0. The van der Waals surface area contributed by atoms with Gasteiger partial charge in [0.05, 0.1) is 22.6 Å². The predicted molar refractivity (Wildman–Crippen MR) is 195 cm³/mol. The Balaban J connectivity index is 1.92. The van der Waals surface area contributed by atoms with E-state index >= 15 is 0 Å². The minimum Gasteiger partial charge on any atom is -0.495 e. The molecule has 0 aliphatic rings. The van der Waals surface area contributed by atoms with Crippen molar-refractivity contribution >= 4 is 68.0 Å². The first-order valence-corrected chi connectivity index (χ1v) is 18.0. The van der Waals surface area contributed by atoms with Gasteiger partial charge in [-0.25, -0.2) is 8.42 Å². The predicted octanol–water partition coefficient (Wildman–Crippen LogP) is 7.23. The molecule has 4 aromatic rings. The number of rotatable bonds is 15. The lowest BCUT2D eigenvalue weighted by molar-refractivity contribution is -0.385.